The summed E-state index contributed by atoms with van der Waals surface area (Å²) < 4.78 is 11.7. The molecule has 0 aromatic heterocycles. The maximum absolute atomic E-state index is 11.9. The molecule has 2 rings (SSSR count). The molecule has 0 fully saturated rings. The smallest absolute Gasteiger partial charge is 0.315 e. The summed E-state index contributed by atoms with van der Waals surface area (Å²) in [7, 11) is 1.63. The van der Waals surface area contributed by atoms with Crippen molar-refractivity contribution in [3.8, 4) is 11.5 Å². The Bertz CT molecular complexity index is 677. The number of rotatable bonds is 8. The number of carbonyl (C=O) groups is 1. The highest BCUT2D eigenvalue weighted by Gasteiger charge is 2.11. The van der Waals surface area contributed by atoms with Gasteiger partial charge >= 0.3 is 6.03 Å². The van der Waals surface area contributed by atoms with E-state index in [1.54, 1.807) is 7.11 Å². The van der Waals surface area contributed by atoms with Gasteiger partial charge in [0.25, 0.3) is 0 Å². The number of urea groups is 1. The fourth-order valence-electron chi connectivity index (χ4n) is 2.29. The zero-order valence-corrected chi connectivity index (χ0v) is 16.0. The normalized spacial score (nSPS) is 11.5. The lowest BCUT2D eigenvalue weighted by atomic mass is 10.1. The highest BCUT2D eigenvalue weighted by Crippen LogP contribution is 2.22. The average molecular weight is 407 g/mol. The second kappa shape index (κ2) is 9.93. The number of methoxy groups -OCH3 is 1. The molecule has 0 saturated carbocycles. The molecular formula is C19H23BrN2O3. The third kappa shape index (κ3) is 6.31. The van der Waals surface area contributed by atoms with Gasteiger partial charge in [-0.2, -0.15) is 0 Å². The summed E-state index contributed by atoms with van der Waals surface area (Å²) in [5.74, 6) is 1.58. The Morgan fingerprint density at radius 2 is 1.80 bits per heavy atom. The largest absolute Gasteiger partial charge is 0.497 e. The van der Waals surface area contributed by atoms with Crippen molar-refractivity contribution in [2.24, 2.45) is 0 Å². The zero-order valence-electron chi connectivity index (χ0n) is 14.4. The molecule has 134 valence electrons. The molecule has 6 heteroatoms. The van der Waals surface area contributed by atoms with Crippen molar-refractivity contribution < 1.29 is 14.3 Å². The van der Waals surface area contributed by atoms with Crippen LogP contribution < -0.4 is 20.1 Å². The number of hydrogen-bond acceptors (Lipinski definition) is 3. The van der Waals surface area contributed by atoms with Gasteiger partial charge in [-0.3, -0.25) is 0 Å². The molecule has 2 aromatic rings. The van der Waals surface area contributed by atoms with Crippen molar-refractivity contribution in [3.63, 3.8) is 0 Å². The van der Waals surface area contributed by atoms with Gasteiger partial charge in [-0.15, -0.1) is 0 Å². The summed E-state index contributed by atoms with van der Waals surface area (Å²) in [6, 6.07) is 15.0. The highest BCUT2D eigenvalue weighted by atomic mass is 79.9. The van der Waals surface area contributed by atoms with Crippen LogP contribution in [0.1, 0.15) is 24.9 Å². The Morgan fingerprint density at radius 1 is 1.12 bits per heavy atom. The number of carbonyl (C=O) groups excluding carboxylic acids is 1. The van der Waals surface area contributed by atoms with Crippen LogP contribution in [-0.4, -0.2) is 26.3 Å². The van der Waals surface area contributed by atoms with Crippen molar-refractivity contribution in [2.75, 3.05) is 20.3 Å². The van der Waals surface area contributed by atoms with Crippen LogP contribution in [0.25, 0.3) is 0 Å². The standard InChI is InChI=1S/C19H23BrN2O3/c1-14(17-6-3-4-7-18(17)20)22-19(23)21-12-5-13-25-16-10-8-15(24-2)9-11-16/h3-4,6-11,14H,5,12-13H2,1-2H3,(H2,21,22,23). The lowest BCUT2D eigenvalue weighted by Gasteiger charge is -2.16. The topological polar surface area (TPSA) is 59.6 Å². The molecule has 1 atom stereocenters. The van der Waals surface area contributed by atoms with Gasteiger partial charge in [-0.25, -0.2) is 4.79 Å². The molecule has 2 amide bonds. The molecule has 25 heavy (non-hydrogen) atoms. The summed E-state index contributed by atoms with van der Waals surface area (Å²) >= 11 is 3.50. The van der Waals surface area contributed by atoms with Gasteiger partial charge in [0.1, 0.15) is 11.5 Å². The summed E-state index contributed by atoms with van der Waals surface area (Å²) in [6.07, 6.45) is 0.725. The molecular weight excluding hydrogens is 384 g/mol. The van der Waals surface area contributed by atoms with Crippen LogP contribution in [0.2, 0.25) is 0 Å². The van der Waals surface area contributed by atoms with E-state index in [4.69, 9.17) is 9.47 Å². The van der Waals surface area contributed by atoms with E-state index in [-0.39, 0.29) is 12.1 Å². The van der Waals surface area contributed by atoms with E-state index >= 15 is 0 Å². The number of benzene rings is 2. The molecule has 0 aliphatic carbocycles. The Hall–Kier alpha value is -2.21. The van der Waals surface area contributed by atoms with E-state index in [9.17, 15) is 4.79 Å². The number of hydrogen-bond donors (Lipinski definition) is 2. The predicted molar refractivity (Wildman–Crippen MR) is 102 cm³/mol. The molecule has 2 aromatic carbocycles. The van der Waals surface area contributed by atoms with Crippen LogP contribution >= 0.6 is 15.9 Å². The van der Waals surface area contributed by atoms with Gasteiger partial charge in [-0.05, 0) is 49.2 Å². The average Bonchev–Trinajstić information content (AvgIpc) is 2.62. The molecule has 2 N–H and O–H groups in total. The van der Waals surface area contributed by atoms with Gasteiger partial charge in [0.05, 0.1) is 19.8 Å². The lowest BCUT2D eigenvalue weighted by Crippen LogP contribution is -2.37. The maximum Gasteiger partial charge on any atom is 0.315 e. The zero-order chi connectivity index (χ0) is 18.1. The summed E-state index contributed by atoms with van der Waals surface area (Å²) in [6.45, 7) is 3.03. The number of ether oxygens (including phenoxy) is 2. The molecule has 0 saturated heterocycles. The van der Waals surface area contributed by atoms with Crippen molar-refractivity contribution in [3.05, 3.63) is 58.6 Å². The van der Waals surface area contributed by atoms with Gasteiger partial charge in [0.2, 0.25) is 0 Å². The fourth-order valence-corrected chi connectivity index (χ4v) is 2.92. The van der Waals surface area contributed by atoms with Crippen LogP contribution in [0.5, 0.6) is 11.5 Å². The van der Waals surface area contributed by atoms with Crippen molar-refractivity contribution in [2.45, 2.75) is 19.4 Å². The minimum absolute atomic E-state index is 0.0777. The van der Waals surface area contributed by atoms with Crippen molar-refractivity contribution in [1.29, 1.82) is 0 Å². The Labute approximate surface area is 156 Å². The second-order valence-corrected chi connectivity index (χ2v) is 6.38. The molecule has 0 bridgehead atoms. The van der Waals surface area contributed by atoms with Gasteiger partial charge < -0.3 is 20.1 Å². The molecule has 0 aliphatic heterocycles. The summed E-state index contributed by atoms with van der Waals surface area (Å²) in [5, 5.41) is 5.77. The van der Waals surface area contributed by atoms with E-state index in [0.717, 1.165) is 28.0 Å². The third-order valence-electron chi connectivity index (χ3n) is 3.65. The first-order valence-corrected chi connectivity index (χ1v) is 8.95. The van der Waals surface area contributed by atoms with Gasteiger partial charge in [0.15, 0.2) is 0 Å². The SMILES string of the molecule is COc1ccc(OCCCNC(=O)NC(C)c2ccccc2Br)cc1. The van der Waals surface area contributed by atoms with Crippen molar-refractivity contribution in [1.82, 2.24) is 10.6 Å². The van der Waals surface area contributed by atoms with E-state index < -0.39 is 0 Å². The van der Waals surface area contributed by atoms with E-state index in [1.165, 1.54) is 0 Å². The van der Waals surface area contributed by atoms with E-state index in [2.05, 4.69) is 26.6 Å². The molecule has 1 unspecified atom stereocenters. The Morgan fingerprint density at radius 3 is 2.48 bits per heavy atom. The minimum Gasteiger partial charge on any atom is -0.497 e. The van der Waals surface area contributed by atoms with Crippen molar-refractivity contribution >= 4 is 22.0 Å². The predicted octanol–water partition coefficient (Wildman–Crippen LogP) is 4.29. The van der Waals surface area contributed by atoms with Crippen LogP contribution in [0, 0.1) is 0 Å². The van der Waals surface area contributed by atoms with Crippen LogP contribution in [0.3, 0.4) is 0 Å². The quantitative estimate of drug-likeness (QED) is 0.642. The molecule has 0 spiro atoms. The van der Waals surface area contributed by atoms with E-state index in [0.29, 0.717) is 13.2 Å². The highest BCUT2D eigenvalue weighted by molar-refractivity contribution is 9.10. The maximum atomic E-state index is 11.9. The molecule has 0 aliphatic rings. The summed E-state index contributed by atoms with van der Waals surface area (Å²) in [5.41, 5.74) is 1.04. The monoisotopic (exact) mass is 406 g/mol. The minimum atomic E-state index is -0.187. The van der Waals surface area contributed by atoms with Crippen LogP contribution in [0.4, 0.5) is 4.79 Å². The number of amides is 2. The fraction of sp³-hybridized carbons (Fsp3) is 0.316. The van der Waals surface area contributed by atoms with Crippen LogP contribution in [-0.2, 0) is 0 Å². The first kappa shape index (κ1) is 19.1. The number of halogens is 1. The van der Waals surface area contributed by atoms with Gasteiger partial charge in [0, 0.05) is 11.0 Å². The molecule has 0 heterocycles. The third-order valence-corrected chi connectivity index (χ3v) is 4.38. The Kier molecular flexibility index (Phi) is 7.60. The number of nitrogens with one attached hydrogen (secondary N) is 2. The van der Waals surface area contributed by atoms with E-state index in [1.807, 2.05) is 55.5 Å². The van der Waals surface area contributed by atoms with Crippen LogP contribution in [0.15, 0.2) is 53.0 Å². The molecule has 5 nitrogen and oxygen atoms in total. The second-order valence-electron chi connectivity index (χ2n) is 5.52. The first-order chi connectivity index (χ1) is 12.1. The molecule has 0 radical (unpaired) electrons. The summed E-state index contributed by atoms with van der Waals surface area (Å²) in [4.78, 5) is 11.9. The Balaban J connectivity index is 1.64. The first-order valence-electron chi connectivity index (χ1n) is 8.16. The van der Waals surface area contributed by atoms with Gasteiger partial charge in [-0.1, -0.05) is 34.1 Å². The lowest BCUT2D eigenvalue weighted by molar-refractivity contribution is 0.236.